The Bertz CT molecular complexity index is 681. The number of carbonyl (C=O) groups excluding carboxylic acids is 1. The first-order valence-electron chi connectivity index (χ1n) is 7.98. The molecule has 1 aromatic rings. The van der Waals surface area contributed by atoms with Gasteiger partial charge in [0.05, 0.1) is 26.9 Å². The number of carbonyl (C=O) groups is 1. The van der Waals surface area contributed by atoms with E-state index >= 15 is 0 Å². The van der Waals surface area contributed by atoms with Crippen LogP contribution in [-0.4, -0.2) is 30.8 Å². The number of benzene rings is 1. The summed E-state index contributed by atoms with van der Waals surface area (Å²) in [6.45, 7) is 9.63. The number of anilines is 1. The zero-order chi connectivity index (χ0) is 19.0. The zero-order valence-corrected chi connectivity index (χ0v) is 16.6. The highest BCUT2D eigenvalue weighted by Gasteiger charge is 2.52. The molecule has 1 saturated heterocycles. The summed E-state index contributed by atoms with van der Waals surface area (Å²) in [5, 5.41) is 3.51. The Balaban J connectivity index is 2.38. The molecule has 1 amide bonds. The third kappa shape index (κ3) is 4.50. The van der Waals surface area contributed by atoms with Crippen LogP contribution in [0.4, 0.5) is 5.69 Å². The summed E-state index contributed by atoms with van der Waals surface area (Å²) in [5.74, 6) is -0.143. The quantitative estimate of drug-likeness (QED) is 0.612. The van der Waals surface area contributed by atoms with Gasteiger partial charge in [-0.1, -0.05) is 29.3 Å². The van der Waals surface area contributed by atoms with Crippen LogP contribution in [0, 0.1) is 0 Å². The van der Waals surface area contributed by atoms with Crippen molar-refractivity contribution in [3.63, 3.8) is 0 Å². The lowest BCUT2D eigenvalue weighted by Crippen LogP contribution is -2.41. The highest BCUT2D eigenvalue weighted by atomic mass is 35.5. The molecule has 1 fully saturated rings. The van der Waals surface area contributed by atoms with Crippen LogP contribution in [-0.2, 0) is 14.1 Å². The van der Waals surface area contributed by atoms with Crippen molar-refractivity contribution in [3.8, 4) is 0 Å². The van der Waals surface area contributed by atoms with Crippen molar-refractivity contribution in [2.75, 3.05) is 12.3 Å². The number of halogens is 2. The van der Waals surface area contributed by atoms with Crippen molar-refractivity contribution >= 4 is 48.0 Å². The molecule has 2 rings (SSSR count). The van der Waals surface area contributed by atoms with E-state index in [9.17, 15) is 4.79 Å². The summed E-state index contributed by atoms with van der Waals surface area (Å²) in [6, 6.07) is 3.42. The monoisotopic (exact) mass is 384 g/mol. The van der Waals surface area contributed by atoms with Gasteiger partial charge in [-0.15, -0.1) is 0 Å². The lowest BCUT2D eigenvalue weighted by atomic mass is 9.77. The molecule has 0 unspecified atom stereocenters. The molecular formula is C17H23BCl2N2O3. The van der Waals surface area contributed by atoms with Crippen molar-refractivity contribution in [2.45, 2.75) is 45.8 Å². The van der Waals surface area contributed by atoms with Gasteiger partial charge in [-0.05, 0) is 50.9 Å². The first-order chi connectivity index (χ1) is 11.4. The van der Waals surface area contributed by atoms with Gasteiger partial charge in [0.1, 0.15) is 0 Å². The summed E-state index contributed by atoms with van der Waals surface area (Å²) in [5.41, 5.74) is 6.65. The van der Waals surface area contributed by atoms with E-state index in [1.807, 2.05) is 33.8 Å². The minimum absolute atomic E-state index is 0.143. The van der Waals surface area contributed by atoms with E-state index in [1.54, 1.807) is 12.1 Å². The number of nitrogens with one attached hydrogen (secondary N) is 1. The van der Waals surface area contributed by atoms with Crippen LogP contribution in [0.3, 0.4) is 0 Å². The van der Waals surface area contributed by atoms with Gasteiger partial charge in [0.2, 0.25) is 5.91 Å². The molecule has 3 N–H and O–H groups in total. The second-order valence-electron chi connectivity index (χ2n) is 7.12. The standard InChI is InChI=1S/C17H23BCl2N2O3/c1-10(23)22-9-12(18-24-16(2,3)17(4,5)25-18)6-11-7-13(19)15(21)14(20)8-11/h6-8H,9,21H2,1-5H3,(H,22,23). The van der Waals surface area contributed by atoms with E-state index in [-0.39, 0.29) is 12.5 Å². The molecule has 0 atom stereocenters. The van der Waals surface area contributed by atoms with Gasteiger partial charge >= 0.3 is 7.12 Å². The Morgan fingerprint density at radius 2 is 1.68 bits per heavy atom. The largest absolute Gasteiger partial charge is 0.492 e. The molecule has 0 aliphatic carbocycles. The van der Waals surface area contributed by atoms with Crippen molar-refractivity contribution in [3.05, 3.63) is 33.2 Å². The lowest BCUT2D eigenvalue weighted by Gasteiger charge is -2.32. The third-order valence-electron chi connectivity index (χ3n) is 4.55. The van der Waals surface area contributed by atoms with E-state index < -0.39 is 18.3 Å². The highest BCUT2D eigenvalue weighted by molar-refractivity contribution is 6.56. The minimum atomic E-state index is -0.591. The summed E-state index contributed by atoms with van der Waals surface area (Å²) in [6.07, 6.45) is 1.84. The fraction of sp³-hybridized carbons (Fsp3) is 0.471. The molecule has 1 heterocycles. The van der Waals surface area contributed by atoms with Crippen LogP contribution < -0.4 is 11.1 Å². The highest BCUT2D eigenvalue weighted by Crippen LogP contribution is 2.39. The third-order valence-corrected chi connectivity index (χ3v) is 5.18. The van der Waals surface area contributed by atoms with E-state index in [4.69, 9.17) is 38.2 Å². The normalized spacial score (nSPS) is 19.2. The van der Waals surface area contributed by atoms with E-state index in [0.717, 1.165) is 11.0 Å². The van der Waals surface area contributed by atoms with Crippen molar-refractivity contribution in [1.82, 2.24) is 5.32 Å². The van der Waals surface area contributed by atoms with Gasteiger partial charge in [0.25, 0.3) is 0 Å². The summed E-state index contributed by atoms with van der Waals surface area (Å²) < 4.78 is 12.2. The zero-order valence-electron chi connectivity index (χ0n) is 15.1. The predicted octanol–water partition coefficient (Wildman–Crippen LogP) is 3.73. The number of hydrogen-bond donors (Lipinski definition) is 2. The van der Waals surface area contributed by atoms with Gasteiger partial charge in [-0.2, -0.15) is 0 Å². The summed E-state index contributed by atoms with van der Waals surface area (Å²) >= 11 is 12.2. The molecule has 1 aliphatic heterocycles. The minimum Gasteiger partial charge on any atom is -0.400 e. The molecule has 1 aliphatic rings. The van der Waals surface area contributed by atoms with Crippen LogP contribution in [0.25, 0.3) is 6.08 Å². The molecule has 0 spiro atoms. The number of nitrogen functional groups attached to an aromatic ring is 1. The van der Waals surface area contributed by atoms with E-state index in [1.165, 1.54) is 6.92 Å². The number of hydrogen-bond acceptors (Lipinski definition) is 4. The van der Waals surface area contributed by atoms with Crippen LogP contribution in [0.1, 0.15) is 40.2 Å². The van der Waals surface area contributed by atoms with Gasteiger partial charge in [-0.25, -0.2) is 0 Å². The fourth-order valence-corrected chi connectivity index (χ4v) is 2.83. The van der Waals surface area contributed by atoms with Crippen LogP contribution in [0.2, 0.25) is 10.0 Å². The fourth-order valence-electron chi connectivity index (χ4n) is 2.32. The lowest BCUT2D eigenvalue weighted by molar-refractivity contribution is -0.118. The smallest absolute Gasteiger partial charge is 0.400 e. The van der Waals surface area contributed by atoms with E-state index in [2.05, 4.69) is 5.32 Å². The SMILES string of the molecule is CC(=O)NCC(=Cc1cc(Cl)c(N)c(Cl)c1)B1OC(C)(C)C(C)(C)O1. The van der Waals surface area contributed by atoms with Gasteiger partial charge in [0.15, 0.2) is 0 Å². The Morgan fingerprint density at radius 1 is 1.20 bits per heavy atom. The molecule has 0 bridgehead atoms. The van der Waals surface area contributed by atoms with Gasteiger partial charge in [0, 0.05) is 13.5 Å². The Hall–Kier alpha value is -1.21. The van der Waals surface area contributed by atoms with Gasteiger partial charge in [-0.3, -0.25) is 4.79 Å². The second-order valence-corrected chi connectivity index (χ2v) is 7.93. The van der Waals surface area contributed by atoms with Gasteiger partial charge < -0.3 is 20.4 Å². The molecule has 0 aromatic heterocycles. The maximum Gasteiger partial charge on any atom is 0.492 e. The Kier molecular flexibility index (Phi) is 5.79. The van der Waals surface area contributed by atoms with Crippen LogP contribution >= 0.6 is 23.2 Å². The second kappa shape index (κ2) is 7.19. The Morgan fingerprint density at radius 3 is 2.12 bits per heavy atom. The van der Waals surface area contributed by atoms with E-state index in [0.29, 0.717) is 15.7 Å². The van der Waals surface area contributed by atoms with Crippen LogP contribution in [0.5, 0.6) is 0 Å². The molecule has 0 radical (unpaired) electrons. The van der Waals surface area contributed by atoms with Crippen molar-refractivity contribution < 1.29 is 14.1 Å². The molecule has 5 nitrogen and oxygen atoms in total. The molecular weight excluding hydrogens is 362 g/mol. The average Bonchev–Trinajstić information content (AvgIpc) is 2.68. The maximum absolute atomic E-state index is 11.3. The number of rotatable bonds is 4. The number of amides is 1. The topological polar surface area (TPSA) is 73.6 Å². The predicted molar refractivity (Wildman–Crippen MR) is 104 cm³/mol. The first kappa shape index (κ1) is 20.1. The average molecular weight is 385 g/mol. The maximum atomic E-state index is 11.3. The van der Waals surface area contributed by atoms with Crippen molar-refractivity contribution in [2.24, 2.45) is 0 Å². The van der Waals surface area contributed by atoms with Crippen LogP contribution in [0.15, 0.2) is 17.6 Å². The Labute approximate surface area is 159 Å². The number of nitrogens with two attached hydrogens (primary N) is 1. The molecule has 8 heteroatoms. The first-order valence-corrected chi connectivity index (χ1v) is 8.73. The molecule has 1 aromatic carbocycles. The molecule has 25 heavy (non-hydrogen) atoms. The molecule has 136 valence electrons. The summed E-state index contributed by atoms with van der Waals surface area (Å²) in [7, 11) is -0.591. The summed E-state index contributed by atoms with van der Waals surface area (Å²) in [4.78, 5) is 11.3. The van der Waals surface area contributed by atoms with Crippen molar-refractivity contribution in [1.29, 1.82) is 0 Å². The molecule has 0 saturated carbocycles.